The van der Waals surface area contributed by atoms with Crippen LogP contribution in [0.2, 0.25) is 0 Å². The van der Waals surface area contributed by atoms with Gasteiger partial charge in [0.1, 0.15) is 0 Å². The summed E-state index contributed by atoms with van der Waals surface area (Å²) in [5.74, 6) is 1.28. The van der Waals surface area contributed by atoms with Crippen molar-refractivity contribution in [3.05, 3.63) is 45.6 Å². The van der Waals surface area contributed by atoms with Gasteiger partial charge in [-0.25, -0.2) is 0 Å². The van der Waals surface area contributed by atoms with E-state index in [0.717, 1.165) is 10.4 Å². The zero-order valence-corrected chi connectivity index (χ0v) is 24.5. The second kappa shape index (κ2) is 15.2. The van der Waals surface area contributed by atoms with Crippen LogP contribution in [0.5, 0.6) is 11.5 Å². The number of alkyl halides is 1. The highest BCUT2D eigenvalue weighted by Crippen LogP contribution is 2.28. The van der Waals surface area contributed by atoms with Crippen LogP contribution >= 0.6 is 22.9 Å². The molecule has 0 saturated carbocycles. The van der Waals surface area contributed by atoms with Gasteiger partial charge in [-0.2, -0.15) is 0 Å². The summed E-state index contributed by atoms with van der Waals surface area (Å²) in [5, 5.41) is 0. The Labute approximate surface area is 230 Å². The number of hydrogen-bond acceptors (Lipinski definition) is 6. The van der Waals surface area contributed by atoms with E-state index in [4.69, 9.17) is 25.8 Å². The van der Waals surface area contributed by atoms with Crippen molar-refractivity contribution in [1.29, 1.82) is 0 Å². The van der Waals surface area contributed by atoms with E-state index in [2.05, 4.69) is 19.1 Å². The van der Waals surface area contributed by atoms with Gasteiger partial charge in [-0.15, -0.1) is 22.9 Å². The molecular formula is C28H41ClN2O5S. The second-order valence-electron chi connectivity index (χ2n) is 9.56. The number of hydrogen-bond donors (Lipinski definition) is 0. The molecule has 2 aromatic rings. The SMILES string of the molecule is CCOCCCN(CC(=O)N(CCc1ccc(OC)c(OC)c1)Cc1ccc(C)s1)C(=O)C(C)(C)CCl. The van der Waals surface area contributed by atoms with Crippen LogP contribution in [0.25, 0.3) is 0 Å². The van der Waals surface area contributed by atoms with Gasteiger partial charge in [-0.1, -0.05) is 6.07 Å². The number of aryl methyl sites for hydroxylation is 1. The molecule has 0 aliphatic carbocycles. The fraction of sp³-hybridized carbons (Fsp3) is 0.571. The van der Waals surface area contributed by atoms with Gasteiger partial charge in [0.15, 0.2) is 11.5 Å². The molecule has 0 atom stereocenters. The van der Waals surface area contributed by atoms with Gasteiger partial charge in [-0.05, 0) is 70.4 Å². The molecule has 1 heterocycles. The molecule has 0 aliphatic rings. The van der Waals surface area contributed by atoms with Crippen LogP contribution in [0, 0.1) is 12.3 Å². The summed E-state index contributed by atoms with van der Waals surface area (Å²) in [5.41, 5.74) is 0.272. The van der Waals surface area contributed by atoms with Crippen LogP contribution in [0.1, 0.15) is 42.5 Å². The normalized spacial score (nSPS) is 11.3. The number of thiophene rings is 1. The molecule has 0 saturated heterocycles. The lowest BCUT2D eigenvalue weighted by Crippen LogP contribution is -2.48. The van der Waals surface area contributed by atoms with Crippen LogP contribution in [-0.4, -0.2) is 74.6 Å². The van der Waals surface area contributed by atoms with Crippen molar-refractivity contribution >= 4 is 34.8 Å². The van der Waals surface area contributed by atoms with Crippen molar-refractivity contribution in [3.8, 4) is 11.5 Å². The molecule has 37 heavy (non-hydrogen) atoms. The first-order valence-electron chi connectivity index (χ1n) is 12.6. The average molecular weight is 553 g/mol. The number of carbonyl (C=O) groups excluding carboxylic acids is 2. The van der Waals surface area contributed by atoms with E-state index < -0.39 is 5.41 Å². The van der Waals surface area contributed by atoms with E-state index >= 15 is 0 Å². The molecule has 206 valence electrons. The summed E-state index contributed by atoms with van der Waals surface area (Å²) >= 11 is 7.78. The van der Waals surface area contributed by atoms with Crippen molar-refractivity contribution in [2.24, 2.45) is 5.41 Å². The van der Waals surface area contributed by atoms with E-state index in [1.54, 1.807) is 30.5 Å². The minimum atomic E-state index is -0.761. The van der Waals surface area contributed by atoms with Crippen molar-refractivity contribution in [1.82, 2.24) is 9.80 Å². The van der Waals surface area contributed by atoms with Gasteiger partial charge in [0.05, 0.1) is 32.7 Å². The maximum absolute atomic E-state index is 13.6. The van der Waals surface area contributed by atoms with Crippen LogP contribution in [0.3, 0.4) is 0 Å². The zero-order valence-electron chi connectivity index (χ0n) is 23.0. The molecular weight excluding hydrogens is 512 g/mol. The first kappa shape index (κ1) is 30.9. The lowest BCUT2D eigenvalue weighted by atomic mass is 9.94. The third kappa shape index (κ3) is 9.51. The Morgan fingerprint density at radius 1 is 1.03 bits per heavy atom. The number of halogens is 1. The van der Waals surface area contributed by atoms with Crippen LogP contribution in [0.15, 0.2) is 30.3 Å². The Kier molecular flexibility index (Phi) is 12.7. The fourth-order valence-electron chi connectivity index (χ4n) is 3.85. The summed E-state index contributed by atoms with van der Waals surface area (Å²) in [6.45, 7) is 10.2. The minimum Gasteiger partial charge on any atom is -0.493 e. The highest BCUT2D eigenvalue weighted by Gasteiger charge is 2.33. The van der Waals surface area contributed by atoms with Gasteiger partial charge in [-0.3, -0.25) is 9.59 Å². The average Bonchev–Trinajstić information content (AvgIpc) is 3.31. The van der Waals surface area contributed by atoms with Gasteiger partial charge >= 0.3 is 0 Å². The summed E-state index contributed by atoms with van der Waals surface area (Å²) in [6, 6.07) is 9.90. The van der Waals surface area contributed by atoms with Crippen molar-refractivity contribution < 1.29 is 23.8 Å². The lowest BCUT2D eigenvalue weighted by Gasteiger charge is -2.32. The number of rotatable bonds is 16. The van der Waals surface area contributed by atoms with Crippen LogP contribution in [0.4, 0.5) is 0 Å². The highest BCUT2D eigenvalue weighted by atomic mass is 35.5. The van der Waals surface area contributed by atoms with E-state index in [-0.39, 0.29) is 24.2 Å². The van der Waals surface area contributed by atoms with Gasteiger partial charge in [0, 0.05) is 41.9 Å². The topological polar surface area (TPSA) is 68.3 Å². The van der Waals surface area contributed by atoms with Crippen molar-refractivity contribution in [2.75, 3.05) is 52.9 Å². The molecule has 2 rings (SSSR count). The van der Waals surface area contributed by atoms with E-state index in [1.807, 2.05) is 43.9 Å². The molecule has 7 nitrogen and oxygen atoms in total. The molecule has 2 amide bonds. The molecule has 0 radical (unpaired) electrons. The zero-order chi connectivity index (χ0) is 27.4. The Bertz CT molecular complexity index is 1010. The third-order valence-corrected chi connectivity index (χ3v) is 7.71. The summed E-state index contributed by atoms with van der Waals surface area (Å²) in [7, 11) is 3.21. The van der Waals surface area contributed by atoms with Crippen molar-refractivity contribution in [3.63, 3.8) is 0 Å². The highest BCUT2D eigenvalue weighted by molar-refractivity contribution is 7.11. The predicted octanol–water partition coefficient (Wildman–Crippen LogP) is 5.17. The minimum absolute atomic E-state index is 0.00156. The second-order valence-corrected chi connectivity index (χ2v) is 11.2. The Morgan fingerprint density at radius 2 is 1.76 bits per heavy atom. The summed E-state index contributed by atoms with van der Waals surface area (Å²) in [6.07, 6.45) is 1.29. The number of benzene rings is 1. The third-order valence-electron chi connectivity index (χ3n) is 6.06. The van der Waals surface area contributed by atoms with Gasteiger partial charge < -0.3 is 24.0 Å². The molecule has 0 N–H and O–H groups in total. The molecule has 0 unspecified atom stereocenters. The van der Waals surface area contributed by atoms with E-state index in [1.165, 1.54) is 4.88 Å². The van der Waals surface area contributed by atoms with Crippen molar-refractivity contribution in [2.45, 2.75) is 47.1 Å². The first-order chi connectivity index (χ1) is 17.6. The molecule has 0 aliphatic heterocycles. The van der Waals surface area contributed by atoms with Crippen LogP contribution in [-0.2, 0) is 27.3 Å². The number of amides is 2. The number of nitrogens with zero attached hydrogens (tertiary/aromatic N) is 2. The monoisotopic (exact) mass is 552 g/mol. The Morgan fingerprint density at radius 3 is 2.35 bits per heavy atom. The Hall–Kier alpha value is -2.29. The molecule has 0 bridgehead atoms. The molecule has 9 heteroatoms. The maximum atomic E-state index is 13.6. The quantitative estimate of drug-likeness (QED) is 0.212. The maximum Gasteiger partial charge on any atom is 0.242 e. The van der Waals surface area contributed by atoms with Crippen LogP contribution < -0.4 is 9.47 Å². The first-order valence-corrected chi connectivity index (χ1v) is 14.0. The molecule has 1 aromatic heterocycles. The van der Waals surface area contributed by atoms with Gasteiger partial charge in [0.25, 0.3) is 0 Å². The van der Waals surface area contributed by atoms with E-state index in [0.29, 0.717) is 57.2 Å². The van der Waals surface area contributed by atoms with E-state index in [9.17, 15) is 9.59 Å². The van der Waals surface area contributed by atoms with Gasteiger partial charge in [0.2, 0.25) is 11.8 Å². The molecule has 0 spiro atoms. The molecule has 0 fully saturated rings. The largest absolute Gasteiger partial charge is 0.493 e. The number of carbonyl (C=O) groups is 2. The smallest absolute Gasteiger partial charge is 0.242 e. The number of ether oxygens (including phenoxy) is 3. The predicted molar refractivity (Wildman–Crippen MR) is 150 cm³/mol. The summed E-state index contributed by atoms with van der Waals surface area (Å²) in [4.78, 5) is 32.7. The lowest BCUT2D eigenvalue weighted by molar-refractivity contribution is -0.145. The fourth-order valence-corrected chi connectivity index (χ4v) is 4.87. The Balaban J connectivity index is 2.22. The standard InChI is InChI=1S/C28H41ClN2O5S/c1-7-36-16-8-14-31(27(33)28(3,4)20-29)19-26(32)30(18-23-11-9-21(2)37-23)15-13-22-10-12-24(34-5)25(17-22)35-6/h9-12,17H,7-8,13-16,18-20H2,1-6H3. The molecule has 1 aromatic carbocycles. The number of methoxy groups -OCH3 is 2. The summed E-state index contributed by atoms with van der Waals surface area (Å²) < 4.78 is 16.2.